The van der Waals surface area contributed by atoms with Gasteiger partial charge in [-0.05, 0) is 13.0 Å². The molecule has 5 nitrogen and oxygen atoms in total. The predicted molar refractivity (Wildman–Crippen MR) is 48.2 cm³/mol. The van der Waals surface area contributed by atoms with Crippen molar-refractivity contribution in [1.82, 2.24) is 5.32 Å². The average molecular weight is 209 g/mol. The van der Waals surface area contributed by atoms with Gasteiger partial charge >= 0.3 is 0 Å². The van der Waals surface area contributed by atoms with Gasteiger partial charge in [-0.3, -0.25) is 0 Å². The molecule has 2 atom stereocenters. The van der Waals surface area contributed by atoms with Gasteiger partial charge in [0.15, 0.2) is 9.84 Å². The zero-order valence-electron chi connectivity index (χ0n) is 7.31. The van der Waals surface area contributed by atoms with E-state index in [9.17, 15) is 13.5 Å². The van der Waals surface area contributed by atoms with Crippen LogP contribution in [0.4, 0.5) is 0 Å². The highest BCUT2D eigenvalue weighted by atomic mass is 32.2. The highest BCUT2D eigenvalue weighted by molar-refractivity contribution is 7.91. The Hall–Kier alpha value is -0.170. The third kappa shape index (κ3) is 3.22. The summed E-state index contributed by atoms with van der Waals surface area (Å²) in [4.78, 5) is 0. The number of rotatable bonds is 4. The molecule has 0 spiro atoms. The summed E-state index contributed by atoms with van der Waals surface area (Å²) in [6, 6.07) is -0.364. The fourth-order valence-corrected chi connectivity index (χ4v) is 3.17. The summed E-state index contributed by atoms with van der Waals surface area (Å²) in [6.45, 7) is 0.607. The van der Waals surface area contributed by atoms with Gasteiger partial charge in [-0.25, -0.2) is 8.42 Å². The van der Waals surface area contributed by atoms with Crippen LogP contribution in [-0.2, 0) is 9.84 Å². The molecule has 0 radical (unpaired) electrons. The highest BCUT2D eigenvalue weighted by Crippen LogP contribution is 2.11. The smallest absolute Gasteiger partial charge is 0.154 e. The van der Waals surface area contributed by atoms with E-state index in [1.165, 1.54) is 0 Å². The molecule has 13 heavy (non-hydrogen) atoms. The summed E-state index contributed by atoms with van der Waals surface area (Å²) in [6.07, 6.45) is -0.229. The highest BCUT2D eigenvalue weighted by Gasteiger charge is 2.35. The molecule has 1 saturated heterocycles. The lowest BCUT2D eigenvalue weighted by Gasteiger charge is -2.13. The first kappa shape index (κ1) is 10.9. The molecule has 1 heterocycles. The molecule has 0 aromatic heterocycles. The second-order valence-electron chi connectivity index (χ2n) is 3.28. The predicted octanol–water partition coefficient (Wildman–Crippen LogP) is -1.88. The van der Waals surface area contributed by atoms with Crippen LogP contribution in [-0.4, -0.2) is 55.4 Å². The summed E-state index contributed by atoms with van der Waals surface area (Å²) in [5, 5.41) is 20.7. The van der Waals surface area contributed by atoms with Crippen LogP contribution in [0.15, 0.2) is 0 Å². The van der Waals surface area contributed by atoms with Crippen LogP contribution in [0.2, 0.25) is 0 Å². The zero-order chi connectivity index (χ0) is 9.90. The van der Waals surface area contributed by atoms with Gasteiger partial charge in [0.2, 0.25) is 0 Å². The van der Waals surface area contributed by atoms with Crippen molar-refractivity contribution in [2.45, 2.75) is 18.6 Å². The van der Waals surface area contributed by atoms with Gasteiger partial charge < -0.3 is 15.5 Å². The lowest BCUT2D eigenvalue weighted by Crippen LogP contribution is -2.39. The molecule has 6 heteroatoms. The average Bonchev–Trinajstić information content (AvgIpc) is 2.25. The van der Waals surface area contributed by atoms with Crippen LogP contribution in [0.25, 0.3) is 0 Å². The lowest BCUT2D eigenvalue weighted by molar-refractivity contribution is 0.164. The molecule has 0 saturated carbocycles. The molecule has 1 aliphatic rings. The Labute approximate surface area is 77.7 Å². The fourth-order valence-electron chi connectivity index (χ4n) is 1.39. The van der Waals surface area contributed by atoms with Gasteiger partial charge in [0.25, 0.3) is 0 Å². The van der Waals surface area contributed by atoms with Crippen LogP contribution >= 0.6 is 0 Å². The second kappa shape index (κ2) is 4.36. The Morgan fingerprint density at radius 1 is 1.38 bits per heavy atom. The fraction of sp³-hybridized carbons (Fsp3) is 1.00. The summed E-state index contributed by atoms with van der Waals surface area (Å²) < 4.78 is 22.1. The van der Waals surface area contributed by atoms with E-state index in [2.05, 4.69) is 5.32 Å². The Morgan fingerprint density at radius 3 is 2.54 bits per heavy atom. The number of nitrogens with one attached hydrogen (secondary N) is 1. The Kier molecular flexibility index (Phi) is 3.66. The summed E-state index contributed by atoms with van der Waals surface area (Å²) in [7, 11) is -3.06. The van der Waals surface area contributed by atoms with E-state index in [0.717, 1.165) is 0 Å². The Morgan fingerprint density at radius 2 is 2.08 bits per heavy atom. The van der Waals surface area contributed by atoms with Crippen molar-refractivity contribution in [2.24, 2.45) is 0 Å². The Bertz CT molecular complexity index is 251. The van der Waals surface area contributed by atoms with Gasteiger partial charge in [0.1, 0.15) is 0 Å². The maximum absolute atomic E-state index is 11.0. The van der Waals surface area contributed by atoms with E-state index < -0.39 is 15.9 Å². The van der Waals surface area contributed by atoms with Gasteiger partial charge in [0, 0.05) is 12.6 Å². The third-order valence-corrected chi connectivity index (χ3v) is 3.78. The van der Waals surface area contributed by atoms with Crippen LogP contribution in [0, 0.1) is 0 Å². The maximum Gasteiger partial charge on any atom is 0.154 e. The number of aliphatic hydroxyl groups is 2. The van der Waals surface area contributed by atoms with Gasteiger partial charge in [-0.15, -0.1) is 0 Å². The SMILES string of the molecule is O=S1(=O)C[C@@H](O)[C@H](NCCCO)C1. The molecule has 1 aliphatic heterocycles. The minimum absolute atomic E-state index is 0.000402. The molecule has 1 fully saturated rings. The van der Waals surface area contributed by atoms with Crippen LogP contribution in [0.5, 0.6) is 0 Å². The zero-order valence-corrected chi connectivity index (χ0v) is 8.13. The van der Waals surface area contributed by atoms with E-state index in [0.29, 0.717) is 13.0 Å². The quantitative estimate of drug-likeness (QED) is 0.472. The molecular formula is C7H15NO4S. The minimum Gasteiger partial charge on any atom is -0.396 e. The first-order chi connectivity index (χ1) is 6.05. The number of sulfone groups is 1. The van der Waals surface area contributed by atoms with E-state index >= 15 is 0 Å². The van der Waals surface area contributed by atoms with Crippen molar-refractivity contribution in [3.8, 4) is 0 Å². The number of hydrogen-bond acceptors (Lipinski definition) is 5. The van der Waals surface area contributed by atoms with Crippen molar-refractivity contribution in [3.63, 3.8) is 0 Å². The largest absolute Gasteiger partial charge is 0.396 e. The van der Waals surface area contributed by atoms with Crippen molar-refractivity contribution in [3.05, 3.63) is 0 Å². The molecule has 0 unspecified atom stereocenters. The van der Waals surface area contributed by atoms with E-state index in [1.807, 2.05) is 0 Å². The van der Waals surface area contributed by atoms with Gasteiger partial charge in [0.05, 0.1) is 17.6 Å². The maximum atomic E-state index is 11.0. The Balaban J connectivity index is 2.36. The van der Waals surface area contributed by atoms with Crippen molar-refractivity contribution in [1.29, 1.82) is 0 Å². The third-order valence-electron chi connectivity index (χ3n) is 2.06. The van der Waals surface area contributed by atoms with Crippen LogP contribution < -0.4 is 5.32 Å². The molecular weight excluding hydrogens is 194 g/mol. The summed E-state index contributed by atoms with van der Waals surface area (Å²) in [5.41, 5.74) is 0. The number of hydrogen-bond donors (Lipinski definition) is 3. The minimum atomic E-state index is -3.06. The molecule has 0 aliphatic carbocycles. The molecule has 0 aromatic carbocycles. The number of aliphatic hydroxyl groups excluding tert-OH is 2. The molecule has 0 bridgehead atoms. The van der Waals surface area contributed by atoms with E-state index in [-0.39, 0.29) is 24.2 Å². The van der Waals surface area contributed by atoms with Crippen molar-refractivity contribution >= 4 is 9.84 Å². The molecule has 0 aromatic rings. The summed E-state index contributed by atoms with van der Waals surface area (Å²) in [5.74, 6) is -0.149. The summed E-state index contributed by atoms with van der Waals surface area (Å²) >= 11 is 0. The van der Waals surface area contributed by atoms with Crippen LogP contribution in [0.3, 0.4) is 0 Å². The standard InChI is InChI=1S/C7H15NO4S/c9-3-1-2-8-6-4-13(11,12)5-7(6)10/h6-10H,1-5H2/t6-,7-/m1/s1. The monoisotopic (exact) mass is 209 g/mol. The molecule has 0 amide bonds. The molecule has 3 N–H and O–H groups in total. The van der Waals surface area contributed by atoms with E-state index in [4.69, 9.17) is 5.11 Å². The van der Waals surface area contributed by atoms with Crippen molar-refractivity contribution in [2.75, 3.05) is 24.7 Å². The van der Waals surface area contributed by atoms with Gasteiger partial charge in [-0.1, -0.05) is 0 Å². The normalized spacial score (nSPS) is 32.2. The van der Waals surface area contributed by atoms with Crippen molar-refractivity contribution < 1.29 is 18.6 Å². The lowest BCUT2D eigenvalue weighted by atomic mass is 10.2. The first-order valence-electron chi connectivity index (χ1n) is 4.28. The van der Waals surface area contributed by atoms with E-state index in [1.54, 1.807) is 0 Å². The molecule has 1 rings (SSSR count). The molecule has 78 valence electrons. The first-order valence-corrected chi connectivity index (χ1v) is 6.10. The van der Waals surface area contributed by atoms with Crippen LogP contribution in [0.1, 0.15) is 6.42 Å². The van der Waals surface area contributed by atoms with Gasteiger partial charge in [-0.2, -0.15) is 0 Å². The topological polar surface area (TPSA) is 86.6 Å². The second-order valence-corrected chi connectivity index (χ2v) is 5.44.